The van der Waals surface area contributed by atoms with Crippen molar-refractivity contribution < 1.29 is 12.9 Å². The van der Waals surface area contributed by atoms with Crippen molar-refractivity contribution in [3.63, 3.8) is 0 Å². The van der Waals surface area contributed by atoms with Gasteiger partial charge in [-0.3, -0.25) is 0 Å². The molecule has 2 bridgehead atoms. The molecule has 2 aromatic heterocycles. The van der Waals surface area contributed by atoms with Gasteiger partial charge in [0.05, 0.1) is 11.7 Å². The Kier molecular flexibility index (Phi) is 3.11. The van der Waals surface area contributed by atoms with Crippen molar-refractivity contribution in [2.75, 3.05) is 0 Å². The molecule has 0 aliphatic carbocycles. The third kappa shape index (κ3) is 2.05. The summed E-state index contributed by atoms with van der Waals surface area (Å²) in [5.74, 6) is 1.07. The largest absolute Gasteiger partial charge is 0.360 e. The lowest BCUT2D eigenvalue weighted by atomic mass is 10.0. The molecule has 7 nitrogen and oxygen atoms in total. The highest BCUT2D eigenvalue weighted by molar-refractivity contribution is 7.89. The quantitative estimate of drug-likeness (QED) is 0.832. The highest BCUT2D eigenvalue weighted by Crippen LogP contribution is 2.46. The Morgan fingerprint density at radius 3 is 2.74 bits per heavy atom. The molecule has 0 N–H and O–H groups in total. The van der Waals surface area contributed by atoms with Crippen LogP contribution in [0.15, 0.2) is 15.6 Å². The molecule has 4 heterocycles. The minimum absolute atomic E-state index is 0.0551. The van der Waals surface area contributed by atoms with Crippen LogP contribution < -0.4 is 0 Å². The lowest BCUT2D eigenvalue weighted by molar-refractivity contribution is 0.299. The molecule has 8 heteroatoms. The van der Waals surface area contributed by atoms with Gasteiger partial charge in [0.15, 0.2) is 5.76 Å². The molecule has 0 amide bonds. The van der Waals surface area contributed by atoms with Crippen molar-refractivity contribution in [1.82, 2.24) is 19.4 Å². The molecule has 0 spiro atoms. The first-order valence-electron chi connectivity index (χ1n) is 7.68. The van der Waals surface area contributed by atoms with E-state index in [1.165, 1.54) is 0 Å². The molecule has 0 unspecified atom stereocenters. The molecule has 4 rings (SSSR count). The molecule has 2 atom stereocenters. The van der Waals surface area contributed by atoms with Gasteiger partial charge in [-0.1, -0.05) is 5.16 Å². The van der Waals surface area contributed by atoms with Crippen molar-refractivity contribution >= 4 is 10.0 Å². The van der Waals surface area contributed by atoms with E-state index in [4.69, 9.17) is 4.52 Å². The molecular formula is C15H18N4O3S. The van der Waals surface area contributed by atoms with Gasteiger partial charge in [-0.2, -0.15) is 4.31 Å². The molecule has 1 saturated heterocycles. The fourth-order valence-electron chi connectivity index (χ4n) is 3.85. The monoisotopic (exact) mass is 334 g/mol. The fraction of sp³-hybridized carbons (Fsp3) is 0.533. The van der Waals surface area contributed by atoms with Crippen LogP contribution in [0, 0.1) is 20.8 Å². The maximum Gasteiger partial charge on any atom is 0.249 e. The highest BCUT2D eigenvalue weighted by atomic mass is 32.2. The molecule has 2 aliphatic rings. The summed E-state index contributed by atoms with van der Waals surface area (Å²) < 4.78 is 33.1. The number of sulfonamides is 1. The molecule has 122 valence electrons. The van der Waals surface area contributed by atoms with Crippen LogP contribution in [0.25, 0.3) is 0 Å². The number of rotatable bonds is 2. The first-order valence-corrected chi connectivity index (χ1v) is 9.12. The Hall–Kier alpha value is -1.80. The van der Waals surface area contributed by atoms with Gasteiger partial charge in [-0.05, 0) is 33.6 Å². The second kappa shape index (κ2) is 4.85. The molecule has 0 radical (unpaired) electrons. The van der Waals surface area contributed by atoms with Crippen molar-refractivity contribution in [1.29, 1.82) is 0 Å². The SMILES string of the molecule is Cc1ncc2c(n1)C[C@@H]1CC[C@H]2N1S(=O)(=O)c1c(C)noc1C. The predicted molar refractivity (Wildman–Crippen MR) is 81.2 cm³/mol. The Morgan fingerprint density at radius 2 is 2.04 bits per heavy atom. The first kappa shape index (κ1) is 14.8. The van der Waals surface area contributed by atoms with E-state index in [-0.39, 0.29) is 17.0 Å². The summed E-state index contributed by atoms with van der Waals surface area (Å²) in [6.07, 6.45) is 4.05. The van der Waals surface area contributed by atoms with E-state index >= 15 is 0 Å². The van der Waals surface area contributed by atoms with Gasteiger partial charge >= 0.3 is 0 Å². The summed E-state index contributed by atoms with van der Waals surface area (Å²) >= 11 is 0. The third-order valence-electron chi connectivity index (χ3n) is 4.75. The van der Waals surface area contributed by atoms with Crippen molar-refractivity contribution in [2.45, 2.75) is 57.0 Å². The summed E-state index contributed by atoms with van der Waals surface area (Å²) in [5.41, 5.74) is 2.32. The number of hydrogen-bond acceptors (Lipinski definition) is 6. The van der Waals surface area contributed by atoms with Crippen LogP contribution in [0.2, 0.25) is 0 Å². The molecule has 2 aliphatic heterocycles. The molecular weight excluding hydrogens is 316 g/mol. The van der Waals surface area contributed by atoms with Crippen LogP contribution in [0.1, 0.15) is 47.4 Å². The summed E-state index contributed by atoms with van der Waals surface area (Å²) in [5, 5.41) is 3.80. The number of hydrogen-bond donors (Lipinski definition) is 0. The van der Waals surface area contributed by atoms with Gasteiger partial charge in [-0.15, -0.1) is 0 Å². The highest BCUT2D eigenvalue weighted by Gasteiger charge is 2.48. The van der Waals surface area contributed by atoms with Crippen LogP contribution in [0.4, 0.5) is 0 Å². The second-order valence-electron chi connectivity index (χ2n) is 6.26. The maximum atomic E-state index is 13.2. The van der Waals surface area contributed by atoms with E-state index in [1.807, 2.05) is 6.92 Å². The maximum absolute atomic E-state index is 13.2. The number of aromatic nitrogens is 3. The van der Waals surface area contributed by atoms with Crippen LogP contribution >= 0.6 is 0 Å². The van der Waals surface area contributed by atoms with Crippen molar-refractivity contribution in [3.8, 4) is 0 Å². The molecule has 0 aromatic carbocycles. The molecule has 23 heavy (non-hydrogen) atoms. The third-order valence-corrected chi connectivity index (χ3v) is 6.96. The Bertz CT molecular complexity index is 871. The minimum atomic E-state index is -3.65. The van der Waals surface area contributed by atoms with E-state index in [9.17, 15) is 8.42 Å². The Balaban J connectivity index is 1.84. The van der Waals surface area contributed by atoms with Gasteiger partial charge in [0.25, 0.3) is 0 Å². The van der Waals surface area contributed by atoms with E-state index in [0.29, 0.717) is 17.9 Å². The number of nitrogens with zero attached hydrogens (tertiary/aromatic N) is 4. The van der Waals surface area contributed by atoms with Gasteiger partial charge in [0, 0.05) is 24.2 Å². The second-order valence-corrected chi connectivity index (χ2v) is 8.04. The number of aryl methyl sites for hydroxylation is 3. The van der Waals surface area contributed by atoms with Gasteiger partial charge < -0.3 is 4.52 Å². The predicted octanol–water partition coefficient (Wildman–Crippen LogP) is 1.84. The van der Waals surface area contributed by atoms with Crippen LogP contribution in [-0.4, -0.2) is 33.9 Å². The fourth-order valence-corrected chi connectivity index (χ4v) is 6.00. The molecule has 1 fully saturated rings. The van der Waals surface area contributed by atoms with Crippen LogP contribution in [0.5, 0.6) is 0 Å². The first-order chi connectivity index (χ1) is 10.9. The van der Waals surface area contributed by atoms with Crippen molar-refractivity contribution in [2.24, 2.45) is 0 Å². The minimum Gasteiger partial charge on any atom is -0.360 e. The lowest BCUT2D eigenvalue weighted by Gasteiger charge is -2.34. The summed E-state index contributed by atoms with van der Waals surface area (Å²) in [7, 11) is -3.65. The molecule has 0 saturated carbocycles. The van der Waals surface area contributed by atoms with Crippen LogP contribution in [0.3, 0.4) is 0 Å². The zero-order valence-electron chi connectivity index (χ0n) is 13.3. The van der Waals surface area contributed by atoms with E-state index < -0.39 is 10.0 Å². The van der Waals surface area contributed by atoms with E-state index in [1.54, 1.807) is 24.3 Å². The van der Waals surface area contributed by atoms with Crippen LogP contribution in [-0.2, 0) is 16.4 Å². The average Bonchev–Trinajstić information content (AvgIpc) is 2.99. The van der Waals surface area contributed by atoms with E-state index in [2.05, 4.69) is 15.1 Å². The molecule has 2 aromatic rings. The standard InChI is InChI=1S/C15H18N4O3S/c1-8-15(9(2)22-18-8)23(20,21)19-11-4-5-14(19)12-7-16-10(3)17-13(12)6-11/h7,11,14H,4-6H2,1-3H3/t11-,14+/m0/s1. The van der Waals surface area contributed by atoms with Gasteiger partial charge in [0.1, 0.15) is 16.4 Å². The lowest BCUT2D eigenvalue weighted by Crippen LogP contribution is -2.42. The number of fused-ring (bicyclic) bond motifs is 4. The summed E-state index contributed by atoms with van der Waals surface area (Å²) in [4.78, 5) is 8.97. The topological polar surface area (TPSA) is 89.2 Å². The normalized spacial score (nSPS) is 24.0. The summed E-state index contributed by atoms with van der Waals surface area (Å²) in [6, 6.07) is -0.247. The van der Waals surface area contributed by atoms with E-state index in [0.717, 1.165) is 29.9 Å². The van der Waals surface area contributed by atoms with Gasteiger partial charge in [0.2, 0.25) is 10.0 Å². The zero-order valence-corrected chi connectivity index (χ0v) is 14.1. The summed E-state index contributed by atoms with van der Waals surface area (Å²) in [6.45, 7) is 5.16. The zero-order chi connectivity index (χ0) is 16.4. The average molecular weight is 334 g/mol. The van der Waals surface area contributed by atoms with Crippen molar-refractivity contribution in [3.05, 3.63) is 34.7 Å². The smallest absolute Gasteiger partial charge is 0.249 e. The Morgan fingerprint density at radius 1 is 1.26 bits per heavy atom. The Labute approximate surface area is 134 Å². The van der Waals surface area contributed by atoms with Gasteiger partial charge in [-0.25, -0.2) is 18.4 Å².